The summed E-state index contributed by atoms with van der Waals surface area (Å²) in [6, 6.07) is 15.4. The summed E-state index contributed by atoms with van der Waals surface area (Å²) in [4.78, 5) is 16.6. The molecule has 3 rings (SSSR count). The average Bonchev–Trinajstić information content (AvgIpc) is 2.72. The van der Waals surface area contributed by atoms with Crippen LogP contribution >= 0.6 is 23.2 Å². The first-order valence-electron chi connectivity index (χ1n) is 8.66. The van der Waals surface area contributed by atoms with Gasteiger partial charge in [-0.15, -0.1) is 0 Å². The number of benzene rings is 2. The third-order valence-corrected chi connectivity index (χ3v) is 4.38. The highest BCUT2D eigenvalue weighted by molar-refractivity contribution is 6.35. The number of amides is 1. The predicted molar refractivity (Wildman–Crippen MR) is 112 cm³/mol. The molecule has 0 saturated carbocycles. The number of aromatic nitrogens is 1. The lowest BCUT2D eigenvalue weighted by molar-refractivity contribution is -0.122. The molecule has 150 valence electrons. The molecule has 1 heterocycles. The Labute approximate surface area is 178 Å². The third-order valence-electron chi connectivity index (χ3n) is 3.85. The van der Waals surface area contributed by atoms with Crippen LogP contribution in [0.4, 0.5) is 5.69 Å². The first-order chi connectivity index (χ1) is 14.0. The first-order valence-corrected chi connectivity index (χ1v) is 9.41. The normalized spacial score (nSPS) is 11.4. The van der Waals surface area contributed by atoms with Crippen molar-refractivity contribution in [2.24, 2.45) is 0 Å². The minimum Gasteiger partial charge on any atom is -0.493 e. The Kier molecular flexibility index (Phi) is 6.80. The number of carbonyl (C=O) groups excluding carboxylic acids is 1. The topological polar surface area (TPSA) is 69.7 Å². The Hall–Kier alpha value is -2.96. The minimum absolute atomic E-state index is 0.330. The van der Waals surface area contributed by atoms with E-state index in [1.807, 2.05) is 12.1 Å². The molecular formula is C21H18Cl2N2O4. The van der Waals surface area contributed by atoms with Gasteiger partial charge in [-0.2, -0.15) is 0 Å². The number of hydrogen-bond donors (Lipinski definition) is 1. The summed E-state index contributed by atoms with van der Waals surface area (Å²) in [5, 5.41) is 3.55. The van der Waals surface area contributed by atoms with Gasteiger partial charge in [-0.05, 0) is 43.3 Å². The second kappa shape index (κ2) is 9.49. The summed E-state index contributed by atoms with van der Waals surface area (Å²) in [6.45, 7) is 1.62. The lowest BCUT2D eigenvalue weighted by Crippen LogP contribution is -2.30. The molecule has 8 heteroatoms. The monoisotopic (exact) mass is 432 g/mol. The molecular weight excluding hydrogens is 415 g/mol. The lowest BCUT2D eigenvalue weighted by Gasteiger charge is -2.16. The summed E-state index contributed by atoms with van der Waals surface area (Å²) < 4.78 is 16.6. The van der Waals surface area contributed by atoms with Gasteiger partial charge < -0.3 is 19.5 Å². The van der Waals surface area contributed by atoms with Crippen molar-refractivity contribution in [3.8, 4) is 23.1 Å². The van der Waals surface area contributed by atoms with Gasteiger partial charge >= 0.3 is 0 Å². The van der Waals surface area contributed by atoms with Gasteiger partial charge in [0.1, 0.15) is 5.75 Å². The van der Waals surface area contributed by atoms with Crippen LogP contribution < -0.4 is 19.5 Å². The maximum Gasteiger partial charge on any atom is 0.265 e. The Morgan fingerprint density at radius 3 is 2.45 bits per heavy atom. The molecule has 1 unspecified atom stereocenters. The highest BCUT2D eigenvalue weighted by Gasteiger charge is 2.17. The number of methoxy groups -OCH3 is 1. The van der Waals surface area contributed by atoms with E-state index in [9.17, 15) is 4.79 Å². The van der Waals surface area contributed by atoms with E-state index in [0.29, 0.717) is 38.9 Å². The van der Waals surface area contributed by atoms with Crippen LogP contribution in [-0.4, -0.2) is 24.1 Å². The Morgan fingerprint density at radius 2 is 1.79 bits per heavy atom. The van der Waals surface area contributed by atoms with E-state index in [2.05, 4.69) is 10.3 Å². The maximum atomic E-state index is 12.4. The van der Waals surface area contributed by atoms with Crippen LogP contribution in [0.25, 0.3) is 0 Å². The predicted octanol–water partition coefficient (Wildman–Crippen LogP) is 5.60. The quantitative estimate of drug-likeness (QED) is 0.526. The fourth-order valence-corrected chi connectivity index (χ4v) is 2.84. The summed E-state index contributed by atoms with van der Waals surface area (Å²) in [7, 11) is 1.56. The van der Waals surface area contributed by atoms with E-state index in [4.69, 9.17) is 37.4 Å². The number of para-hydroxylation sites is 2. The van der Waals surface area contributed by atoms with Crippen LogP contribution in [-0.2, 0) is 4.79 Å². The molecule has 3 aromatic rings. The number of anilines is 1. The van der Waals surface area contributed by atoms with Crippen molar-refractivity contribution >= 4 is 34.8 Å². The smallest absolute Gasteiger partial charge is 0.265 e. The van der Waals surface area contributed by atoms with Crippen LogP contribution in [0.1, 0.15) is 6.92 Å². The van der Waals surface area contributed by atoms with Crippen molar-refractivity contribution in [2.75, 3.05) is 12.4 Å². The standard InChI is InChI=1S/C21H18Cl2N2O4/c1-13(28-17-9-7-14(22)11-16(17)23)21(26)25-15-8-10-20(24-12-15)29-19-6-4-3-5-18(19)27-2/h3-13H,1-2H3,(H,25,26). The van der Waals surface area contributed by atoms with Gasteiger partial charge in [0.2, 0.25) is 5.88 Å². The van der Waals surface area contributed by atoms with Gasteiger partial charge in [-0.3, -0.25) is 4.79 Å². The number of pyridine rings is 1. The zero-order chi connectivity index (χ0) is 20.8. The van der Waals surface area contributed by atoms with E-state index in [-0.39, 0.29) is 5.91 Å². The largest absolute Gasteiger partial charge is 0.493 e. The van der Waals surface area contributed by atoms with Crippen molar-refractivity contribution in [3.05, 3.63) is 70.8 Å². The highest BCUT2D eigenvalue weighted by atomic mass is 35.5. The number of halogens is 2. The number of nitrogens with zero attached hydrogens (tertiary/aromatic N) is 1. The van der Waals surface area contributed by atoms with Crippen LogP contribution in [0.2, 0.25) is 10.0 Å². The van der Waals surface area contributed by atoms with Crippen LogP contribution in [0, 0.1) is 0 Å². The summed E-state index contributed by atoms with van der Waals surface area (Å²) in [6.07, 6.45) is 0.711. The molecule has 29 heavy (non-hydrogen) atoms. The maximum absolute atomic E-state index is 12.4. The molecule has 2 aromatic carbocycles. The van der Waals surface area contributed by atoms with Gasteiger partial charge in [0.15, 0.2) is 17.6 Å². The zero-order valence-corrected chi connectivity index (χ0v) is 17.2. The number of carbonyl (C=O) groups is 1. The van der Waals surface area contributed by atoms with Gasteiger partial charge in [0.05, 0.1) is 24.0 Å². The molecule has 0 saturated heterocycles. The van der Waals surface area contributed by atoms with Crippen molar-refractivity contribution in [2.45, 2.75) is 13.0 Å². The van der Waals surface area contributed by atoms with Gasteiger partial charge in [-0.25, -0.2) is 4.98 Å². The van der Waals surface area contributed by atoms with Gasteiger partial charge in [-0.1, -0.05) is 35.3 Å². The summed E-state index contributed by atoms with van der Waals surface area (Å²) >= 11 is 11.9. The van der Waals surface area contributed by atoms with Crippen molar-refractivity contribution in [1.82, 2.24) is 4.98 Å². The highest BCUT2D eigenvalue weighted by Crippen LogP contribution is 2.30. The summed E-state index contributed by atoms with van der Waals surface area (Å²) in [5.41, 5.74) is 0.500. The lowest BCUT2D eigenvalue weighted by atomic mass is 10.3. The van der Waals surface area contributed by atoms with E-state index in [0.717, 1.165) is 0 Å². The molecule has 1 aromatic heterocycles. The molecule has 1 amide bonds. The molecule has 0 fully saturated rings. The van der Waals surface area contributed by atoms with Crippen molar-refractivity contribution in [1.29, 1.82) is 0 Å². The Bertz CT molecular complexity index is 996. The molecule has 6 nitrogen and oxygen atoms in total. The van der Waals surface area contributed by atoms with Crippen LogP contribution in [0.3, 0.4) is 0 Å². The fourth-order valence-electron chi connectivity index (χ4n) is 2.39. The van der Waals surface area contributed by atoms with E-state index >= 15 is 0 Å². The molecule has 0 radical (unpaired) electrons. The van der Waals surface area contributed by atoms with Crippen molar-refractivity contribution < 1.29 is 19.0 Å². The van der Waals surface area contributed by atoms with E-state index in [1.54, 1.807) is 56.5 Å². The molecule has 0 spiro atoms. The SMILES string of the molecule is COc1ccccc1Oc1ccc(NC(=O)C(C)Oc2ccc(Cl)cc2Cl)cn1. The molecule has 1 atom stereocenters. The number of rotatable bonds is 7. The summed E-state index contributed by atoms with van der Waals surface area (Å²) in [5.74, 6) is 1.53. The number of ether oxygens (including phenoxy) is 3. The van der Waals surface area contributed by atoms with Crippen molar-refractivity contribution in [3.63, 3.8) is 0 Å². The Morgan fingerprint density at radius 1 is 1.03 bits per heavy atom. The molecule has 0 aliphatic carbocycles. The first kappa shape index (κ1) is 20.8. The van der Waals surface area contributed by atoms with E-state index in [1.165, 1.54) is 6.20 Å². The third kappa shape index (κ3) is 5.53. The van der Waals surface area contributed by atoms with E-state index < -0.39 is 6.10 Å². The molecule has 0 aliphatic heterocycles. The zero-order valence-electron chi connectivity index (χ0n) is 15.7. The average molecular weight is 433 g/mol. The second-order valence-corrected chi connectivity index (χ2v) is 6.81. The molecule has 1 N–H and O–H groups in total. The van der Waals surface area contributed by atoms with Crippen LogP contribution in [0.15, 0.2) is 60.8 Å². The minimum atomic E-state index is -0.779. The number of nitrogens with one attached hydrogen (secondary N) is 1. The van der Waals surface area contributed by atoms with Gasteiger partial charge in [0, 0.05) is 11.1 Å². The number of hydrogen-bond acceptors (Lipinski definition) is 5. The fraction of sp³-hybridized carbons (Fsp3) is 0.143. The second-order valence-electron chi connectivity index (χ2n) is 5.96. The molecule has 0 aliphatic rings. The Balaban J connectivity index is 1.60. The van der Waals surface area contributed by atoms with Gasteiger partial charge in [0.25, 0.3) is 5.91 Å². The van der Waals surface area contributed by atoms with Crippen LogP contribution in [0.5, 0.6) is 23.1 Å². The molecule has 0 bridgehead atoms.